The lowest BCUT2D eigenvalue weighted by Gasteiger charge is -2.02. The molecule has 0 N–H and O–H groups in total. The lowest BCUT2D eigenvalue weighted by atomic mass is 10.0. The molecule has 2 rings (SSSR count). The summed E-state index contributed by atoms with van der Waals surface area (Å²) in [7, 11) is 0. The molecule has 0 unspecified atom stereocenters. The first kappa shape index (κ1) is 25.4. The van der Waals surface area contributed by atoms with Crippen molar-refractivity contribution in [3.8, 4) is 0 Å². The summed E-state index contributed by atoms with van der Waals surface area (Å²) in [6, 6.07) is 16.6. The standard InChI is InChI=1S/C21H38N.C7H8/c1-2-3-4-5-6-7-8-9-10-11-12-13-14-16-19-22-20-17-15-18-21-22;1-7-5-3-2-4-6-7/h15,17-18,20-21H,2-14,16,19H2,1H3;2-6H,1H3/q+1;. The molecular formula is C28H46N+. The Kier molecular flexibility index (Phi) is 17.2. The van der Waals surface area contributed by atoms with Crippen LogP contribution in [-0.2, 0) is 6.54 Å². The maximum absolute atomic E-state index is 2.29. The van der Waals surface area contributed by atoms with Crippen LogP contribution in [0.1, 0.15) is 102 Å². The molecule has 1 aromatic carbocycles. The smallest absolute Gasteiger partial charge is 0.168 e. The average molecular weight is 397 g/mol. The van der Waals surface area contributed by atoms with Gasteiger partial charge in [-0.1, -0.05) is 126 Å². The van der Waals surface area contributed by atoms with Crippen LogP contribution in [0.15, 0.2) is 60.9 Å². The van der Waals surface area contributed by atoms with Gasteiger partial charge in [0.15, 0.2) is 12.4 Å². The van der Waals surface area contributed by atoms with Crippen LogP contribution in [0.2, 0.25) is 0 Å². The van der Waals surface area contributed by atoms with Gasteiger partial charge in [0.1, 0.15) is 6.54 Å². The van der Waals surface area contributed by atoms with E-state index in [0.717, 1.165) is 0 Å². The summed E-state index contributed by atoms with van der Waals surface area (Å²) in [5, 5.41) is 0. The zero-order valence-corrected chi connectivity index (χ0v) is 19.3. The molecule has 0 aliphatic heterocycles. The SMILES string of the molecule is CCCCCCCCCCCCCCCC[n+]1ccccc1.Cc1ccccc1. The zero-order chi connectivity index (χ0) is 20.8. The van der Waals surface area contributed by atoms with Gasteiger partial charge in [-0.2, -0.15) is 0 Å². The van der Waals surface area contributed by atoms with Gasteiger partial charge in [-0.05, 0) is 13.3 Å². The van der Waals surface area contributed by atoms with Crippen LogP contribution in [0.4, 0.5) is 0 Å². The highest BCUT2D eigenvalue weighted by atomic mass is 14.9. The van der Waals surface area contributed by atoms with E-state index in [1.165, 1.54) is 102 Å². The van der Waals surface area contributed by atoms with Crippen LogP contribution in [0, 0.1) is 6.92 Å². The van der Waals surface area contributed by atoms with Gasteiger partial charge >= 0.3 is 0 Å². The molecule has 0 radical (unpaired) electrons. The molecule has 1 heterocycles. The van der Waals surface area contributed by atoms with Gasteiger partial charge in [-0.3, -0.25) is 0 Å². The van der Waals surface area contributed by atoms with Crippen LogP contribution in [0.25, 0.3) is 0 Å². The van der Waals surface area contributed by atoms with Crippen LogP contribution in [-0.4, -0.2) is 0 Å². The Morgan fingerprint density at radius 3 is 1.34 bits per heavy atom. The van der Waals surface area contributed by atoms with E-state index in [1.54, 1.807) is 0 Å². The number of pyridine rings is 1. The third kappa shape index (κ3) is 17.0. The quantitative estimate of drug-likeness (QED) is 0.210. The highest BCUT2D eigenvalue weighted by Gasteiger charge is 1.98. The van der Waals surface area contributed by atoms with Gasteiger partial charge in [0, 0.05) is 18.6 Å². The summed E-state index contributed by atoms with van der Waals surface area (Å²) in [6.07, 6.45) is 24.4. The number of benzene rings is 1. The highest BCUT2D eigenvalue weighted by Crippen LogP contribution is 2.12. The van der Waals surface area contributed by atoms with Crippen molar-refractivity contribution in [2.45, 2.75) is 110 Å². The van der Waals surface area contributed by atoms with Crippen molar-refractivity contribution in [1.82, 2.24) is 0 Å². The lowest BCUT2D eigenvalue weighted by molar-refractivity contribution is -0.697. The minimum atomic E-state index is 1.18. The van der Waals surface area contributed by atoms with E-state index in [-0.39, 0.29) is 0 Å². The van der Waals surface area contributed by atoms with Crippen LogP contribution in [0.3, 0.4) is 0 Å². The molecule has 0 spiro atoms. The number of aryl methyl sites for hydroxylation is 2. The molecule has 0 bridgehead atoms. The summed E-state index contributed by atoms with van der Waals surface area (Å²) in [4.78, 5) is 0. The molecule has 0 fully saturated rings. The van der Waals surface area contributed by atoms with Crippen molar-refractivity contribution in [2.24, 2.45) is 0 Å². The second-order valence-corrected chi connectivity index (χ2v) is 8.36. The van der Waals surface area contributed by atoms with Gasteiger partial charge in [0.25, 0.3) is 0 Å². The Hall–Kier alpha value is -1.63. The molecule has 0 aliphatic rings. The van der Waals surface area contributed by atoms with Gasteiger partial charge in [-0.25, -0.2) is 4.57 Å². The number of hydrogen-bond acceptors (Lipinski definition) is 0. The number of aromatic nitrogens is 1. The molecule has 29 heavy (non-hydrogen) atoms. The molecular weight excluding hydrogens is 350 g/mol. The Labute approximate surface area is 181 Å². The summed E-state index contributed by atoms with van der Waals surface area (Å²) >= 11 is 0. The molecule has 0 atom stereocenters. The summed E-state index contributed by atoms with van der Waals surface area (Å²) in [5.74, 6) is 0. The van der Waals surface area contributed by atoms with Gasteiger partial charge < -0.3 is 0 Å². The Balaban J connectivity index is 0.000000502. The van der Waals surface area contributed by atoms with E-state index >= 15 is 0 Å². The van der Waals surface area contributed by atoms with Gasteiger partial charge in [0.2, 0.25) is 0 Å². The first-order valence-corrected chi connectivity index (χ1v) is 12.3. The van der Waals surface area contributed by atoms with Crippen LogP contribution >= 0.6 is 0 Å². The van der Waals surface area contributed by atoms with Crippen molar-refractivity contribution >= 4 is 0 Å². The van der Waals surface area contributed by atoms with Crippen molar-refractivity contribution in [3.05, 3.63) is 66.5 Å². The van der Waals surface area contributed by atoms with E-state index in [2.05, 4.69) is 61.1 Å². The molecule has 0 amide bonds. The third-order valence-corrected chi connectivity index (χ3v) is 5.49. The lowest BCUT2D eigenvalue weighted by Crippen LogP contribution is -2.32. The molecule has 0 aliphatic carbocycles. The zero-order valence-electron chi connectivity index (χ0n) is 19.3. The average Bonchev–Trinajstić information content (AvgIpc) is 2.76. The second-order valence-electron chi connectivity index (χ2n) is 8.36. The number of rotatable bonds is 15. The van der Waals surface area contributed by atoms with Crippen LogP contribution < -0.4 is 4.57 Å². The predicted molar refractivity (Wildman–Crippen MR) is 128 cm³/mol. The number of hydrogen-bond donors (Lipinski definition) is 0. The fraction of sp³-hybridized carbons (Fsp3) is 0.607. The second kappa shape index (κ2) is 19.7. The van der Waals surface area contributed by atoms with E-state index in [4.69, 9.17) is 0 Å². The Bertz CT molecular complexity index is 549. The number of unbranched alkanes of at least 4 members (excludes halogenated alkanes) is 13. The van der Waals surface area contributed by atoms with Crippen molar-refractivity contribution in [2.75, 3.05) is 0 Å². The van der Waals surface area contributed by atoms with Crippen molar-refractivity contribution < 1.29 is 4.57 Å². The van der Waals surface area contributed by atoms with Crippen molar-refractivity contribution in [3.63, 3.8) is 0 Å². The minimum Gasteiger partial charge on any atom is -0.205 e. The summed E-state index contributed by atoms with van der Waals surface area (Å²) in [6.45, 7) is 5.55. The fourth-order valence-corrected chi connectivity index (χ4v) is 3.61. The monoisotopic (exact) mass is 396 g/mol. The number of nitrogens with zero attached hydrogens (tertiary/aromatic N) is 1. The van der Waals surface area contributed by atoms with E-state index in [0.29, 0.717) is 0 Å². The Morgan fingerprint density at radius 1 is 0.517 bits per heavy atom. The predicted octanol–water partition coefficient (Wildman–Crippen LogP) is 8.45. The molecule has 1 aromatic heterocycles. The highest BCUT2D eigenvalue weighted by molar-refractivity contribution is 5.11. The molecule has 0 saturated carbocycles. The minimum absolute atomic E-state index is 1.18. The van der Waals surface area contributed by atoms with Gasteiger partial charge in [0.05, 0.1) is 0 Å². The molecule has 2 aromatic rings. The van der Waals surface area contributed by atoms with Crippen molar-refractivity contribution in [1.29, 1.82) is 0 Å². The normalized spacial score (nSPS) is 10.4. The molecule has 1 heteroatoms. The first-order chi connectivity index (χ1) is 14.3. The summed E-state index contributed by atoms with van der Waals surface area (Å²) < 4.78 is 2.29. The maximum Gasteiger partial charge on any atom is 0.168 e. The van der Waals surface area contributed by atoms with Gasteiger partial charge in [-0.15, -0.1) is 0 Å². The largest absolute Gasteiger partial charge is 0.205 e. The van der Waals surface area contributed by atoms with E-state index in [9.17, 15) is 0 Å². The fourth-order valence-electron chi connectivity index (χ4n) is 3.61. The van der Waals surface area contributed by atoms with E-state index < -0.39 is 0 Å². The first-order valence-electron chi connectivity index (χ1n) is 12.3. The molecule has 0 saturated heterocycles. The molecule has 162 valence electrons. The topological polar surface area (TPSA) is 3.88 Å². The summed E-state index contributed by atoms with van der Waals surface area (Å²) in [5.41, 5.74) is 1.32. The van der Waals surface area contributed by atoms with E-state index in [1.807, 2.05) is 18.2 Å². The third-order valence-electron chi connectivity index (χ3n) is 5.49. The maximum atomic E-state index is 2.29. The Morgan fingerprint density at radius 2 is 0.931 bits per heavy atom. The van der Waals surface area contributed by atoms with Crippen LogP contribution in [0.5, 0.6) is 0 Å². The molecule has 1 nitrogen and oxygen atoms in total.